The van der Waals surface area contributed by atoms with Crippen molar-refractivity contribution in [2.24, 2.45) is 5.92 Å². The fourth-order valence-corrected chi connectivity index (χ4v) is 3.12. The highest BCUT2D eigenvalue weighted by Gasteiger charge is 2.37. The van der Waals surface area contributed by atoms with Gasteiger partial charge in [-0.3, -0.25) is 4.90 Å². The number of carbonyl (C=O) groups is 2. The largest absolute Gasteiger partial charge is 0.548 e. The SMILES string of the molecule is CC(C)(C)OC(=O)N1C[C@H](CCCc2ccccc2)C[C@H]1C(=O)[O-]. The van der Waals surface area contributed by atoms with Gasteiger partial charge in [-0.05, 0) is 57.9 Å². The van der Waals surface area contributed by atoms with E-state index in [1.807, 2.05) is 18.2 Å². The highest BCUT2D eigenvalue weighted by atomic mass is 16.6. The number of carboxylic acid groups (broad SMARTS) is 1. The van der Waals surface area contributed by atoms with E-state index in [0.717, 1.165) is 19.3 Å². The monoisotopic (exact) mass is 332 g/mol. The lowest BCUT2D eigenvalue weighted by Crippen LogP contribution is -2.48. The van der Waals surface area contributed by atoms with Crippen molar-refractivity contribution < 1.29 is 19.4 Å². The summed E-state index contributed by atoms with van der Waals surface area (Å²) in [6.45, 7) is 5.73. The van der Waals surface area contributed by atoms with Crippen molar-refractivity contribution in [3.63, 3.8) is 0 Å². The highest BCUT2D eigenvalue weighted by molar-refractivity contribution is 5.79. The first kappa shape index (κ1) is 18.3. The van der Waals surface area contributed by atoms with E-state index in [2.05, 4.69) is 12.1 Å². The van der Waals surface area contributed by atoms with Crippen LogP contribution in [0.1, 0.15) is 45.6 Å². The number of hydrogen-bond donors (Lipinski definition) is 0. The summed E-state index contributed by atoms with van der Waals surface area (Å²) in [5.74, 6) is -1.03. The average Bonchev–Trinajstić information content (AvgIpc) is 2.91. The Balaban J connectivity index is 1.89. The summed E-state index contributed by atoms with van der Waals surface area (Å²) in [6.07, 6.45) is 2.69. The van der Waals surface area contributed by atoms with E-state index >= 15 is 0 Å². The summed E-state index contributed by atoms with van der Waals surface area (Å²) in [5.41, 5.74) is 0.634. The molecule has 1 aromatic carbocycles. The fraction of sp³-hybridized carbons (Fsp3) is 0.579. The van der Waals surface area contributed by atoms with Crippen LogP contribution >= 0.6 is 0 Å². The van der Waals surface area contributed by atoms with Crippen molar-refractivity contribution in [3.8, 4) is 0 Å². The van der Waals surface area contributed by atoms with E-state index in [1.165, 1.54) is 10.5 Å². The Morgan fingerprint density at radius 3 is 2.50 bits per heavy atom. The Labute approximate surface area is 143 Å². The molecular formula is C19H26NO4-. The van der Waals surface area contributed by atoms with E-state index in [9.17, 15) is 14.7 Å². The number of aliphatic carboxylic acids is 1. The summed E-state index contributed by atoms with van der Waals surface area (Å²) in [4.78, 5) is 24.9. The molecule has 1 aliphatic rings. The molecule has 0 aliphatic carbocycles. The van der Waals surface area contributed by atoms with Crippen molar-refractivity contribution >= 4 is 12.1 Å². The Bertz CT molecular complexity index is 564. The van der Waals surface area contributed by atoms with Crippen LogP contribution in [0.15, 0.2) is 30.3 Å². The van der Waals surface area contributed by atoms with Gasteiger partial charge in [0.2, 0.25) is 0 Å². The predicted octanol–water partition coefficient (Wildman–Crippen LogP) is 2.38. The van der Waals surface area contributed by atoms with Crippen LogP contribution in [0.5, 0.6) is 0 Å². The van der Waals surface area contributed by atoms with Crippen LogP contribution in [-0.4, -0.2) is 35.2 Å². The predicted molar refractivity (Wildman–Crippen MR) is 89.2 cm³/mol. The summed E-state index contributed by atoms with van der Waals surface area (Å²) in [5, 5.41) is 11.4. The topological polar surface area (TPSA) is 69.7 Å². The summed E-state index contributed by atoms with van der Waals surface area (Å²) >= 11 is 0. The van der Waals surface area contributed by atoms with E-state index in [4.69, 9.17) is 4.74 Å². The average molecular weight is 332 g/mol. The Morgan fingerprint density at radius 1 is 1.25 bits per heavy atom. The third kappa shape index (κ3) is 5.25. The molecule has 1 heterocycles. The van der Waals surface area contributed by atoms with Crippen LogP contribution in [0.25, 0.3) is 0 Å². The molecule has 0 aromatic heterocycles. The molecule has 1 amide bonds. The van der Waals surface area contributed by atoms with Crippen molar-refractivity contribution in [1.82, 2.24) is 4.90 Å². The first-order chi connectivity index (χ1) is 11.3. The number of carboxylic acids is 1. The number of carbonyl (C=O) groups excluding carboxylic acids is 2. The number of hydrogen-bond acceptors (Lipinski definition) is 4. The first-order valence-corrected chi connectivity index (χ1v) is 8.50. The van der Waals surface area contributed by atoms with Crippen LogP contribution in [0.2, 0.25) is 0 Å². The molecule has 24 heavy (non-hydrogen) atoms. The molecular weight excluding hydrogens is 306 g/mol. The lowest BCUT2D eigenvalue weighted by molar-refractivity contribution is -0.310. The van der Waals surface area contributed by atoms with E-state index in [-0.39, 0.29) is 5.92 Å². The van der Waals surface area contributed by atoms with Gasteiger partial charge in [-0.1, -0.05) is 30.3 Å². The standard InChI is InChI=1S/C19H27NO4/c1-19(2,3)24-18(23)20-13-15(12-16(20)17(21)22)11-7-10-14-8-5-4-6-9-14/h4-6,8-9,15-16H,7,10-13H2,1-3H3,(H,21,22)/p-1/t15-,16+/m1/s1. The minimum atomic E-state index is -1.20. The molecule has 132 valence electrons. The van der Waals surface area contributed by atoms with E-state index in [1.54, 1.807) is 20.8 Å². The first-order valence-electron chi connectivity index (χ1n) is 8.50. The zero-order valence-corrected chi connectivity index (χ0v) is 14.7. The van der Waals surface area contributed by atoms with Crippen molar-refractivity contribution in [2.45, 2.75) is 58.1 Å². The van der Waals surface area contributed by atoms with Crippen LogP contribution < -0.4 is 5.11 Å². The van der Waals surface area contributed by atoms with E-state index < -0.39 is 23.7 Å². The van der Waals surface area contributed by atoms with Gasteiger partial charge in [-0.15, -0.1) is 0 Å². The minimum Gasteiger partial charge on any atom is -0.548 e. The van der Waals surface area contributed by atoms with Gasteiger partial charge in [0.1, 0.15) is 5.60 Å². The molecule has 0 bridgehead atoms. The quantitative estimate of drug-likeness (QED) is 0.830. The number of aryl methyl sites for hydroxylation is 1. The molecule has 0 saturated carbocycles. The van der Waals surface area contributed by atoms with Crippen LogP contribution in [0.3, 0.4) is 0 Å². The van der Waals surface area contributed by atoms with Gasteiger partial charge in [0, 0.05) is 6.54 Å². The summed E-state index contributed by atoms with van der Waals surface area (Å²) < 4.78 is 5.32. The highest BCUT2D eigenvalue weighted by Crippen LogP contribution is 2.28. The smallest absolute Gasteiger partial charge is 0.410 e. The molecule has 5 nitrogen and oxygen atoms in total. The van der Waals surface area contributed by atoms with Crippen LogP contribution in [-0.2, 0) is 16.0 Å². The number of amides is 1. The van der Waals surface area contributed by atoms with Gasteiger partial charge >= 0.3 is 6.09 Å². The molecule has 0 unspecified atom stereocenters. The third-order valence-electron chi connectivity index (χ3n) is 4.21. The molecule has 2 atom stereocenters. The molecule has 0 N–H and O–H groups in total. The van der Waals surface area contributed by atoms with Gasteiger partial charge in [0.15, 0.2) is 0 Å². The third-order valence-corrected chi connectivity index (χ3v) is 4.21. The van der Waals surface area contributed by atoms with Crippen molar-refractivity contribution in [2.75, 3.05) is 6.54 Å². The van der Waals surface area contributed by atoms with Gasteiger partial charge < -0.3 is 14.6 Å². The molecule has 1 saturated heterocycles. The lowest BCUT2D eigenvalue weighted by Gasteiger charge is -2.28. The van der Waals surface area contributed by atoms with E-state index in [0.29, 0.717) is 13.0 Å². The Hall–Kier alpha value is -2.04. The van der Waals surface area contributed by atoms with Gasteiger partial charge in [-0.25, -0.2) is 4.79 Å². The van der Waals surface area contributed by atoms with Gasteiger partial charge in [-0.2, -0.15) is 0 Å². The molecule has 0 radical (unpaired) electrons. The van der Waals surface area contributed by atoms with Crippen molar-refractivity contribution in [1.29, 1.82) is 0 Å². The van der Waals surface area contributed by atoms with Crippen molar-refractivity contribution in [3.05, 3.63) is 35.9 Å². The van der Waals surface area contributed by atoms with Gasteiger partial charge in [0.05, 0.1) is 12.0 Å². The number of nitrogens with zero attached hydrogens (tertiary/aromatic N) is 1. The maximum absolute atomic E-state index is 12.2. The molecule has 5 heteroatoms. The lowest BCUT2D eigenvalue weighted by atomic mass is 9.97. The normalized spacial score (nSPS) is 20.9. The second-order valence-electron chi connectivity index (χ2n) is 7.45. The second-order valence-corrected chi connectivity index (χ2v) is 7.45. The van der Waals surface area contributed by atoms with Gasteiger partial charge in [0.25, 0.3) is 0 Å². The number of benzene rings is 1. The molecule has 1 fully saturated rings. The fourth-order valence-electron chi connectivity index (χ4n) is 3.12. The minimum absolute atomic E-state index is 0.170. The summed E-state index contributed by atoms with van der Waals surface area (Å²) in [7, 11) is 0. The number of likely N-dealkylation sites (tertiary alicyclic amines) is 1. The second kappa shape index (κ2) is 7.69. The maximum Gasteiger partial charge on any atom is 0.410 e. The molecule has 0 spiro atoms. The van der Waals surface area contributed by atoms with Crippen LogP contribution in [0.4, 0.5) is 4.79 Å². The zero-order valence-electron chi connectivity index (χ0n) is 14.7. The molecule has 1 aromatic rings. The molecule has 1 aliphatic heterocycles. The zero-order chi connectivity index (χ0) is 17.7. The summed E-state index contributed by atoms with van der Waals surface area (Å²) in [6, 6.07) is 9.31. The maximum atomic E-state index is 12.2. The molecule has 2 rings (SSSR count). The Morgan fingerprint density at radius 2 is 1.92 bits per heavy atom. The van der Waals surface area contributed by atoms with Crippen LogP contribution in [0, 0.1) is 5.92 Å². The number of rotatable bonds is 5. The number of ether oxygens (including phenoxy) is 1. The Kier molecular flexibility index (Phi) is 5.86.